The lowest BCUT2D eigenvalue weighted by Crippen LogP contribution is -2.59. The van der Waals surface area contributed by atoms with Crippen molar-refractivity contribution >= 4 is 17.6 Å². The first kappa shape index (κ1) is 11.6. The van der Waals surface area contributed by atoms with Crippen molar-refractivity contribution in [1.82, 2.24) is 4.90 Å². The van der Waals surface area contributed by atoms with Gasteiger partial charge in [-0.05, 0) is 26.0 Å². The number of anilines is 1. The minimum absolute atomic E-state index is 0.146. The van der Waals surface area contributed by atoms with Crippen molar-refractivity contribution in [2.75, 3.05) is 18.5 Å². The molecule has 0 N–H and O–H groups in total. The minimum atomic E-state index is -0.543. The highest BCUT2D eigenvalue weighted by Gasteiger charge is 2.43. The number of nitrogens with zero attached hydrogens (tertiary/aromatic N) is 2. The van der Waals surface area contributed by atoms with Crippen LogP contribution in [0, 0.1) is 5.41 Å². The van der Waals surface area contributed by atoms with Crippen LogP contribution < -0.4 is 4.90 Å². The summed E-state index contributed by atoms with van der Waals surface area (Å²) in [6, 6.07) is 8.77. The number of carbonyl (C=O) groups excluding carboxylic acids is 2. The number of para-hydroxylation sites is 1. The third-order valence-corrected chi connectivity index (χ3v) is 2.95. The quantitative estimate of drug-likeness (QED) is 0.744. The van der Waals surface area contributed by atoms with Gasteiger partial charge >= 0.3 is 6.03 Å². The minimum Gasteiger partial charge on any atom is -0.326 e. The number of urea groups is 1. The summed E-state index contributed by atoms with van der Waals surface area (Å²) in [5.74, 6) is -0.146. The van der Waals surface area contributed by atoms with E-state index in [4.69, 9.17) is 0 Å². The average Bonchev–Trinajstić information content (AvgIpc) is 2.28. The summed E-state index contributed by atoms with van der Waals surface area (Å²) in [7, 11) is 1.71. The summed E-state index contributed by atoms with van der Waals surface area (Å²) in [5.41, 5.74) is 0.0838. The molecular weight excluding hydrogens is 216 g/mol. The largest absolute Gasteiger partial charge is 0.331 e. The molecule has 2 rings (SSSR count). The molecule has 1 aromatic rings. The van der Waals surface area contributed by atoms with Crippen molar-refractivity contribution in [2.45, 2.75) is 13.8 Å². The number of hydrogen-bond donors (Lipinski definition) is 0. The van der Waals surface area contributed by atoms with E-state index in [0.717, 1.165) is 0 Å². The average molecular weight is 232 g/mol. The van der Waals surface area contributed by atoms with Gasteiger partial charge in [-0.2, -0.15) is 0 Å². The van der Waals surface area contributed by atoms with Crippen molar-refractivity contribution in [1.29, 1.82) is 0 Å². The molecular formula is C13H16N2O2. The maximum atomic E-state index is 12.3. The SMILES string of the molecule is CN1CC(C)(C)C(=O)N(c2ccccc2)C1=O. The maximum Gasteiger partial charge on any atom is 0.331 e. The number of carbonyl (C=O) groups is 2. The monoisotopic (exact) mass is 232 g/mol. The van der Waals surface area contributed by atoms with Gasteiger partial charge in [-0.15, -0.1) is 0 Å². The van der Waals surface area contributed by atoms with Gasteiger partial charge in [-0.25, -0.2) is 9.69 Å². The second-order valence-electron chi connectivity index (χ2n) is 5.00. The Morgan fingerprint density at radius 1 is 1.12 bits per heavy atom. The fraction of sp³-hybridized carbons (Fsp3) is 0.385. The molecule has 4 heteroatoms. The highest BCUT2D eigenvalue weighted by atomic mass is 16.2. The Bertz CT molecular complexity index is 454. The third-order valence-electron chi connectivity index (χ3n) is 2.95. The van der Waals surface area contributed by atoms with Crippen LogP contribution in [0.25, 0.3) is 0 Å². The van der Waals surface area contributed by atoms with Crippen LogP contribution >= 0.6 is 0 Å². The molecule has 0 spiro atoms. The van der Waals surface area contributed by atoms with Gasteiger partial charge in [0.05, 0.1) is 11.1 Å². The number of amides is 3. The normalized spacial score (nSPS) is 19.7. The van der Waals surface area contributed by atoms with Crippen LogP contribution in [-0.4, -0.2) is 30.4 Å². The van der Waals surface area contributed by atoms with Gasteiger partial charge in [0.15, 0.2) is 0 Å². The van der Waals surface area contributed by atoms with Crippen LogP contribution in [0.2, 0.25) is 0 Å². The van der Waals surface area contributed by atoms with Crippen molar-refractivity contribution in [3.8, 4) is 0 Å². The van der Waals surface area contributed by atoms with Gasteiger partial charge in [0.25, 0.3) is 0 Å². The molecule has 17 heavy (non-hydrogen) atoms. The van der Waals surface area contributed by atoms with E-state index < -0.39 is 5.41 Å². The van der Waals surface area contributed by atoms with E-state index in [2.05, 4.69) is 0 Å². The van der Waals surface area contributed by atoms with Gasteiger partial charge in [0.2, 0.25) is 5.91 Å². The molecule has 0 radical (unpaired) electrons. The molecule has 1 saturated heterocycles. The predicted octanol–water partition coefficient (Wildman–Crippen LogP) is 2.11. The van der Waals surface area contributed by atoms with Gasteiger partial charge < -0.3 is 4.90 Å². The maximum absolute atomic E-state index is 12.3. The number of rotatable bonds is 1. The Morgan fingerprint density at radius 3 is 2.29 bits per heavy atom. The zero-order valence-electron chi connectivity index (χ0n) is 10.3. The van der Waals surface area contributed by atoms with Crippen LogP contribution in [0.4, 0.5) is 10.5 Å². The molecule has 0 bridgehead atoms. The fourth-order valence-electron chi connectivity index (χ4n) is 2.09. The lowest BCUT2D eigenvalue weighted by atomic mass is 9.89. The molecule has 1 heterocycles. The van der Waals surface area contributed by atoms with E-state index >= 15 is 0 Å². The Balaban J connectivity index is 2.44. The molecule has 1 aromatic carbocycles. The molecule has 90 valence electrons. The van der Waals surface area contributed by atoms with Crippen molar-refractivity contribution in [3.63, 3.8) is 0 Å². The molecule has 0 unspecified atom stereocenters. The van der Waals surface area contributed by atoms with Crippen LogP contribution in [0.3, 0.4) is 0 Å². The Kier molecular flexibility index (Phi) is 2.65. The Hall–Kier alpha value is -1.84. The summed E-state index contributed by atoms with van der Waals surface area (Å²) < 4.78 is 0. The lowest BCUT2D eigenvalue weighted by molar-refractivity contribution is -0.127. The number of hydrogen-bond acceptors (Lipinski definition) is 2. The third kappa shape index (κ3) is 1.90. The molecule has 3 amide bonds. The van der Waals surface area contributed by atoms with Gasteiger partial charge in [0.1, 0.15) is 0 Å². The number of benzene rings is 1. The zero-order valence-corrected chi connectivity index (χ0v) is 10.3. The van der Waals surface area contributed by atoms with E-state index in [1.165, 1.54) is 4.90 Å². The molecule has 0 aliphatic carbocycles. The highest BCUT2D eigenvalue weighted by Crippen LogP contribution is 2.29. The van der Waals surface area contributed by atoms with Crippen LogP contribution in [0.5, 0.6) is 0 Å². The molecule has 1 aliphatic rings. The van der Waals surface area contributed by atoms with E-state index in [0.29, 0.717) is 12.2 Å². The summed E-state index contributed by atoms with van der Waals surface area (Å²) in [6.45, 7) is 4.16. The Labute approximate surface area is 101 Å². The second kappa shape index (κ2) is 3.87. The van der Waals surface area contributed by atoms with E-state index in [1.54, 1.807) is 24.1 Å². The molecule has 1 aliphatic heterocycles. The summed E-state index contributed by atoms with van der Waals surface area (Å²) in [4.78, 5) is 27.2. The van der Waals surface area contributed by atoms with E-state index in [1.807, 2.05) is 32.0 Å². The molecule has 0 aromatic heterocycles. The first-order chi connectivity index (χ1) is 7.93. The summed E-state index contributed by atoms with van der Waals surface area (Å²) >= 11 is 0. The first-order valence-corrected chi connectivity index (χ1v) is 5.58. The molecule has 4 nitrogen and oxygen atoms in total. The summed E-state index contributed by atoms with van der Waals surface area (Å²) in [6.07, 6.45) is 0. The lowest BCUT2D eigenvalue weighted by Gasteiger charge is -2.40. The van der Waals surface area contributed by atoms with Gasteiger partial charge in [-0.1, -0.05) is 18.2 Å². The number of imide groups is 1. The van der Waals surface area contributed by atoms with Gasteiger partial charge in [0, 0.05) is 13.6 Å². The highest BCUT2D eigenvalue weighted by molar-refractivity contribution is 6.17. The van der Waals surface area contributed by atoms with E-state index in [-0.39, 0.29) is 11.9 Å². The first-order valence-electron chi connectivity index (χ1n) is 5.58. The topological polar surface area (TPSA) is 40.6 Å². The van der Waals surface area contributed by atoms with Crippen LogP contribution in [0.15, 0.2) is 30.3 Å². The Morgan fingerprint density at radius 2 is 1.71 bits per heavy atom. The second-order valence-corrected chi connectivity index (χ2v) is 5.00. The molecule has 0 atom stereocenters. The molecule has 1 fully saturated rings. The molecule has 0 saturated carbocycles. The van der Waals surface area contributed by atoms with Crippen molar-refractivity contribution < 1.29 is 9.59 Å². The zero-order chi connectivity index (χ0) is 12.6. The fourth-order valence-corrected chi connectivity index (χ4v) is 2.09. The van der Waals surface area contributed by atoms with Crippen LogP contribution in [-0.2, 0) is 4.79 Å². The smallest absolute Gasteiger partial charge is 0.326 e. The standard InChI is InChI=1S/C13H16N2O2/c1-13(2)9-14(3)12(17)15(11(13)16)10-7-5-4-6-8-10/h4-8H,9H2,1-3H3. The van der Waals surface area contributed by atoms with Crippen LogP contribution in [0.1, 0.15) is 13.8 Å². The van der Waals surface area contributed by atoms with Gasteiger partial charge in [-0.3, -0.25) is 4.79 Å². The van der Waals surface area contributed by atoms with E-state index in [9.17, 15) is 9.59 Å². The van der Waals surface area contributed by atoms with Crippen molar-refractivity contribution in [3.05, 3.63) is 30.3 Å². The predicted molar refractivity (Wildman–Crippen MR) is 65.7 cm³/mol. The summed E-state index contributed by atoms with van der Waals surface area (Å²) in [5, 5.41) is 0. The van der Waals surface area contributed by atoms with Crippen molar-refractivity contribution in [2.24, 2.45) is 5.41 Å².